The molecule has 1 amide bonds. The Morgan fingerprint density at radius 1 is 1.38 bits per heavy atom. The first-order valence-corrected chi connectivity index (χ1v) is 8.31. The number of aromatic nitrogens is 2. The molecule has 2 aliphatic rings. The molecular formula is C16H23F3N4O. The maximum Gasteiger partial charge on any atom is 0.435 e. The highest BCUT2D eigenvalue weighted by Crippen LogP contribution is 2.41. The summed E-state index contributed by atoms with van der Waals surface area (Å²) in [5, 5.41) is 7.06. The standard InChI is InChI=1S/C16H23F3N4O/c1-9-6-12(9)13-7-22(5-4-20-13)14(24)8-23-11(3)10(2)15(21-23)16(17,18)19/h9,12-13,20H,4-8H2,1-3H3/t9?,12-,13?/m0/s1. The number of hydrogen-bond donors (Lipinski definition) is 1. The highest BCUT2D eigenvalue weighted by Gasteiger charge is 2.42. The van der Waals surface area contributed by atoms with E-state index in [-0.39, 0.29) is 18.0 Å². The van der Waals surface area contributed by atoms with Crippen LogP contribution in [-0.4, -0.2) is 46.3 Å². The molecular weight excluding hydrogens is 321 g/mol. The minimum Gasteiger partial charge on any atom is -0.338 e. The van der Waals surface area contributed by atoms with Gasteiger partial charge in [0.15, 0.2) is 5.69 Å². The van der Waals surface area contributed by atoms with Crippen LogP contribution in [0.2, 0.25) is 0 Å². The SMILES string of the molecule is Cc1c(C(F)(F)F)nn(CC(=O)N2CCNC([C@H]3CC3C)C2)c1C. The van der Waals surface area contributed by atoms with Crippen LogP contribution in [0.4, 0.5) is 13.2 Å². The summed E-state index contributed by atoms with van der Waals surface area (Å²) in [5.74, 6) is 1.11. The molecule has 1 N–H and O–H groups in total. The summed E-state index contributed by atoms with van der Waals surface area (Å²) in [4.78, 5) is 14.3. The molecule has 1 aliphatic carbocycles. The third-order valence-electron chi connectivity index (χ3n) is 5.31. The lowest BCUT2D eigenvalue weighted by Gasteiger charge is -2.34. The lowest BCUT2D eigenvalue weighted by molar-refractivity contribution is -0.142. The highest BCUT2D eigenvalue weighted by atomic mass is 19.4. The quantitative estimate of drug-likeness (QED) is 0.912. The van der Waals surface area contributed by atoms with E-state index in [2.05, 4.69) is 17.3 Å². The van der Waals surface area contributed by atoms with Gasteiger partial charge in [-0.2, -0.15) is 18.3 Å². The number of nitrogens with one attached hydrogen (secondary N) is 1. The van der Waals surface area contributed by atoms with Gasteiger partial charge in [0, 0.05) is 36.9 Å². The molecule has 3 rings (SSSR count). The van der Waals surface area contributed by atoms with Crippen molar-refractivity contribution in [3.05, 3.63) is 17.0 Å². The predicted octanol–water partition coefficient (Wildman–Crippen LogP) is 1.98. The molecule has 0 aromatic carbocycles. The average Bonchev–Trinajstić information content (AvgIpc) is 3.18. The molecule has 1 aromatic rings. The van der Waals surface area contributed by atoms with Crippen molar-refractivity contribution in [1.29, 1.82) is 0 Å². The topological polar surface area (TPSA) is 50.2 Å². The van der Waals surface area contributed by atoms with Crippen LogP contribution in [0.5, 0.6) is 0 Å². The minimum absolute atomic E-state index is 0.0836. The van der Waals surface area contributed by atoms with E-state index in [0.29, 0.717) is 36.7 Å². The van der Waals surface area contributed by atoms with Gasteiger partial charge in [0.25, 0.3) is 0 Å². The number of carbonyl (C=O) groups is 1. The summed E-state index contributed by atoms with van der Waals surface area (Å²) >= 11 is 0. The average molecular weight is 344 g/mol. The van der Waals surface area contributed by atoms with E-state index in [9.17, 15) is 18.0 Å². The van der Waals surface area contributed by atoms with Crippen LogP contribution in [-0.2, 0) is 17.5 Å². The van der Waals surface area contributed by atoms with Gasteiger partial charge < -0.3 is 10.2 Å². The largest absolute Gasteiger partial charge is 0.435 e. The summed E-state index contributed by atoms with van der Waals surface area (Å²) in [6.07, 6.45) is -3.32. The van der Waals surface area contributed by atoms with Gasteiger partial charge in [0.05, 0.1) is 0 Å². The fourth-order valence-corrected chi connectivity index (χ4v) is 3.49. The Kier molecular flexibility index (Phi) is 4.36. The lowest BCUT2D eigenvalue weighted by Crippen LogP contribution is -2.54. The van der Waals surface area contributed by atoms with E-state index in [4.69, 9.17) is 0 Å². The number of amides is 1. The van der Waals surface area contributed by atoms with E-state index in [1.807, 2.05) is 0 Å². The number of hydrogen-bond acceptors (Lipinski definition) is 3. The van der Waals surface area contributed by atoms with Crippen molar-refractivity contribution in [2.45, 2.75) is 46.0 Å². The first-order valence-electron chi connectivity index (χ1n) is 8.31. The molecule has 134 valence electrons. The number of nitrogens with zero attached hydrogens (tertiary/aromatic N) is 3. The Morgan fingerprint density at radius 2 is 2.04 bits per heavy atom. The summed E-state index contributed by atoms with van der Waals surface area (Å²) in [6.45, 7) is 6.95. The third-order valence-corrected chi connectivity index (χ3v) is 5.31. The molecule has 0 spiro atoms. The Labute approximate surface area is 139 Å². The fourth-order valence-electron chi connectivity index (χ4n) is 3.49. The monoisotopic (exact) mass is 344 g/mol. The van der Waals surface area contributed by atoms with Crippen LogP contribution in [0.25, 0.3) is 0 Å². The smallest absolute Gasteiger partial charge is 0.338 e. The lowest BCUT2D eigenvalue weighted by atomic mass is 10.1. The van der Waals surface area contributed by atoms with Gasteiger partial charge in [-0.1, -0.05) is 6.92 Å². The predicted molar refractivity (Wildman–Crippen MR) is 82.3 cm³/mol. The van der Waals surface area contributed by atoms with Crippen molar-refractivity contribution in [2.24, 2.45) is 11.8 Å². The first kappa shape index (κ1) is 17.3. The number of rotatable bonds is 3. The molecule has 2 fully saturated rings. The van der Waals surface area contributed by atoms with Crippen LogP contribution in [0.1, 0.15) is 30.3 Å². The summed E-state index contributed by atoms with van der Waals surface area (Å²) < 4.78 is 40.0. The van der Waals surface area contributed by atoms with E-state index in [1.54, 1.807) is 11.8 Å². The van der Waals surface area contributed by atoms with Crippen molar-refractivity contribution >= 4 is 5.91 Å². The zero-order valence-electron chi connectivity index (χ0n) is 14.2. The van der Waals surface area contributed by atoms with Gasteiger partial charge >= 0.3 is 6.18 Å². The zero-order valence-corrected chi connectivity index (χ0v) is 14.2. The van der Waals surface area contributed by atoms with Crippen molar-refractivity contribution < 1.29 is 18.0 Å². The van der Waals surface area contributed by atoms with Crippen molar-refractivity contribution in [1.82, 2.24) is 20.0 Å². The molecule has 1 saturated carbocycles. The van der Waals surface area contributed by atoms with Gasteiger partial charge in [-0.15, -0.1) is 0 Å². The maximum atomic E-state index is 12.9. The van der Waals surface area contributed by atoms with E-state index < -0.39 is 11.9 Å². The molecule has 2 heterocycles. The molecule has 5 nitrogen and oxygen atoms in total. The number of carbonyl (C=O) groups excluding carboxylic acids is 1. The van der Waals surface area contributed by atoms with Gasteiger partial charge in [-0.3, -0.25) is 9.48 Å². The second-order valence-corrected chi connectivity index (χ2v) is 6.99. The molecule has 1 aromatic heterocycles. The normalized spacial score (nSPS) is 27.4. The molecule has 8 heteroatoms. The number of alkyl halides is 3. The molecule has 1 saturated heterocycles. The minimum atomic E-state index is -4.49. The Morgan fingerprint density at radius 3 is 2.58 bits per heavy atom. The second kappa shape index (κ2) is 6.06. The Hall–Kier alpha value is -1.57. The summed E-state index contributed by atoms with van der Waals surface area (Å²) in [7, 11) is 0. The third kappa shape index (κ3) is 3.29. The van der Waals surface area contributed by atoms with Crippen LogP contribution in [0.15, 0.2) is 0 Å². The molecule has 3 atom stereocenters. The first-order chi connectivity index (χ1) is 11.2. The second-order valence-electron chi connectivity index (χ2n) is 6.99. The van der Waals surface area contributed by atoms with Crippen LogP contribution >= 0.6 is 0 Å². The van der Waals surface area contributed by atoms with Crippen molar-refractivity contribution in [3.8, 4) is 0 Å². The van der Waals surface area contributed by atoms with Gasteiger partial charge in [-0.25, -0.2) is 0 Å². The number of halogens is 3. The molecule has 1 aliphatic heterocycles. The Bertz CT molecular complexity index is 640. The summed E-state index contributed by atoms with van der Waals surface area (Å²) in [5.41, 5.74) is -0.434. The number of piperazine rings is 1. The van der Waals surface area contributed by atoms with E-state index >= 15 is 0 Å². The molecule has 2 unspecified atom stereocenters. The molecule has 0 bridgehead atoms. The molecule has 0 radical (unpaired) electrons. The van der Waals surface area contributed by atoms with E-state index in [1.165, 1.54) is 18.0 Å². The Balaban J connectivity index is 1.68. The van der Waals surface area contributed by atoms with Gasteiger partial charge in [-0.05, 0) is 32.1 Å². The molecule has 24 heavy (non-hydrogen) atoms. The van der Waals surface area contributed by atoms with E-state index in [0.717, 1.165) is 6.54 Å². The zero-order chi connectivity index (χ0) is 17.6. The van der Waals surface area contributed by atoms with Gasteiger partial charge in [0.1, 0.15) is 6.54 Å². The highest BCUT2D eigenvalue weighted by molar-refractivity contribution is 5.76. The summed E-state index contributed by atoms with van der Waals surface area (Å²) in [6, 6.07) is 0.295. The van der Waals surface area contributed by atoms with Crippen molar-refractivity contribution in [2.75, 3.05) is 19.6 Å². The van der Waals surface area contributed by atoms with Crippen LogP contribution in [0.3, 0.4) is 0 Å². The maximum absolute atomic E-state index is 12.9. The van der Waals surface area contributed by atoms with Gasteiger partial charge in [0.2, 0.25) is 5.91 Å². The van der Waals surface area contributed by atoms with Crippen LogP contribution in [0, 0.1) is 25.7 Å². The van der Waals surface area contributed by atoms with Crippen molar-refractivity contribution in [3.63, 3.8) is 0 Å². The fraction of sp³-hybridized carbons (Fsp3) is 0.750. The van der Waals surface area contributed by atoms with Crippen LogP contribution < -0.4 is 5.32 Å².